The van der Waals surface area contributed by atoms with E-state index in [9.17, 15) is 12.8 Å². The minimum Gasteiger partial charge on any atom is -0.305 e. The van der Waals surface area contributed by atoms with E-state index in [1.54, 1.807) is 0 Å². The predicted octanol–water partition coefficient (Wildman–Crippen LogP) is 0.234. The summed E-state index contributed by atoms with van der Waals surface area (Å²) < 4.78 is 39.6. The highest BCUT2D eigenvalue weighted by molar-refractivity contribution is 7.89. The molecule has 1 unspecified atom stereocenters. The van der Waals surface area contributed by atoms with Crippen LogP contribution in [0.3, 0.4) is 0 Å². The molecule has 9 heteroatoms. The summed E-state index contributed by atoms with van der Waals surface area (Å²) in [5, 5.41) is 3.84. The third-order valence-corrected chi connectivity index (χ3v) is 5.15. The van der Waals surface area contributed by atoms with E-state index in [4.69, 9.17) is 0 Å². The lowest BCUT2D eigenvalue weighted by atomic mass is 10.1. The average Bonchev–Trinajstić information content (AvgIpc) is 3.19. The second kappa shape index (κ2) is 5.64. The highest BCUT2D eigenvalue weighted by Crippen LogP contribution is 2.35. The van der Waals surface area contributed by atoms with Crippen molar-refractivity contribution in [3.8, 4) is 0 Å². The maximum atomic E-state index is 14.1. The van der Waals surface area contributed by atoms with Crippen LogP contribution in [0.2, 0.25) is 0 Å². The van der Waals surface area contributed by atoms with Crippen molar-refractivity contribution < 1.29 is 12.8 Å². The van der Waals surface area contributed by atoms with Gasteiger partial charge in [0.05, 0.1) is 12.2 Å². The van der Waals surface area contributed by atoms with Crippen molar-refractivity contribution in [3.05, 3.63) is 12.1 Å². The summed E-state index contributed by atoms with van der Waals surface area (Å²) >= 11 is 0. The Morgan fingerprint density at radius 1 is 1.38 bits per heavy atom. The predicted molar refractivity (Wildman–Crippen MR) is 74.4 cm³/mol. The standard InChI is InChI=1S/C12H20FN5O2S/c1-17-6-2-3-9(8-17)15-16-21(19,20)11-7-14-18(12(11)13)10-4-5-10/h7,9-10,15-16H,2-6,8H2,1H3. The van der Waals surface area contributed by atoms with Gasteiger partial charge in [0.1, 0.15) is 0 Å². The molecule has 1 aliphatic carbocycles. The van der Waals surface area contributed by atoms with Gasteiger partial charge in [-0.25, -0.2) is 18.5 Å². The number of hydrogen-bond donors (Lipinski definition) is 2. The number of nitrogens with one attached hydrogen (secondary N) is 2. The number of aromatic nitrogens is 2. The number of hydrazine groups is 1. The van der Waals surface area contributed by atoms with E-state index < -0.39 is 20.9 Å². The lowest BCUT2D eigenvalue weighted by Gasteiger charge is -2.30. The molecule has 1 saturated heterocycles. The summed E-state index contributed by atoms with van der Waals surface area (Å²) in [5.74, 6) is -0.785. The molecule has 1 atom stereocenters. The van der Waals surface area contributed by atoms with Gasteiger partial charge in [-0.1, -0.05) is 0 Å². The zero-order valence-electron chi connectivity index (χ0n) is 11.9. The van der Waals surface area contributed by atoms with Crippen LogP contribution < -0.4 is 10.3 Å². The molecule has 0 aromatic carbocycles. The van der Waals surface area contributed by atoms with Gasteiger partial charge in [-0.15, -0.1) is 4.83 Å². The lowest BCUT2D eigenvalue weighted by Crippen LogP contribution is -2.51. The zero-order valence-corrected chi connectivity index (χ0v) is 12.7. The van der Waals surface area contributed by atoms with Crippen LogP contribution >= 0.6 is 0 Å². The Kier molecular flexibility index (Phi) is 4.00. The van der Waals surface area contributed by atoms with Crippen molar-refractivity contribution in [2.45, 2.75) is 42.7 Å². The van der Waals surface area contributed by atoms with E-state index in [0.29, 0.717) is 0 Å². The molecule has 1 saturated carbocycles. The summed E-state index contributed by atoms with van der Waals surface area (Å²) in [6.45, 7) is 1.76. The van der Waals surface area contributed by atoms with Gasteiger partial charge in [-0.05, 0) is 39.3 Å². The van der Waals surface area contributed by atoms with Crippen LogP contribution in [0.5, 0.6) is 0 Å². The molecule has 2 N–H and O–H groups in total. The fourth-order valence-corrected chi connectivity index (χ4v) is 3.52. The molecule has 0 radical (unpaired) electrons. The molecule has 7 nitrogen and oxygen atoms in total. The van der Waals surface area contributed by atoms with Crippen molar-refractivity contribution >= 4 is 10.0 Å². The molecule has 1 aromatic rings. The van der Waals surface area contributed by atoms with Gasteiger partial charge in [0.15, 0.2) is 4.90 Å². The van der Waals surface area contributed by atoms with E-state index in [2.05, 4.69) is 20.3 Å². The number of nitrogens with zero attached hydrogens (tertiary/aromatic N) is 3. The zero-order chi connectivity index (χ0) is 15.0. The Labute approximate surface area is 123 Å². The van der Waals surface area contributed by atoms with Crippen LogP contribution in [0.25, 0.3) is 0 Å². The fraction of sp³-hybridized carbons (Fsp3) is 0.750. The second-order valence-electron chi connectivity index (χ2n) is 5.83. The molecule has 1 aromatic heterocycles. The van der Waals surface area contributed by atoms with Gasteiger partial charge < -0.3 is 4.90 Å². The molecule has 2 aliphatic rings. The van der Waals surface area contributed by atoms with Crippen LogP contribution in [-0.2, 0) is 10.0 Å². The molecule has 1 aliphatic heterocycles. The molecule has 0 bridgehead atoms. The van der Waals surface area contributed by atoms with Crippen LogP contribution in [0.4, 0.5) is 4.39 Å². The molecule has 0 spiro atoms. The van der Waals surface area contributed by atoms with E-state index >= 15 is 0 Å². The molecule has 2 fully saturated rings. The lowest BCUT2D eigenvalue weighted by molar-refractivity contribution is 0.223. The van der Waals surface area contributed by atoms with Crippen molar-refractivity contribution in [1.82, 2.24) is 24.9 Å². The quantitative estimate of drug-likeness (QED) is 0.760. The number of hydrogen-bond acceptors (Lipinski definition) is 5. The summed E-state index contributed by atoms with van der Waals surface area (Å²) in [4.78, 5) is 4.01. The molecule has 3 rings (SSSR count). The second-order valence-corrected chi connectivity index (χ2v) is 7.48. The third-order valence-electron chi connectivity index (χ3n) is 3.91. The Hall–Kier alpha value is -1.03. The number of likely N-dealkylation sites (tertiary alicyclic amines) is 1. The molecular weight excluding hydrogens is 297 g/mol. The molecular formula is C12H20FN5O2S. The van der Waals surface area contributed by atoms with Gasteiger partial charge in [0, 0.05) is 12.6 Å². The first-order valence-corrected chi connectivity index (χ1v) is 8.64. The Balaban J connectivity index is 1.66. The molecule has 2 heterocycles. The number of likely N-dealkylation sites (N-methyl/N-ethyl adjacent to an activating group) is 1. The Bertz CT molecular complexity index is 613. The minimum absolute atomic E-state index is 0.00824. The smallest absolute Gasteiger partial charge is 0.259 e. The normalized spacial score (nSPS) is 24.4. The SMILES string of the molecule is CN1CCCC(NNS(=O)(=O)c2cnn(C3CC3)c2F)C1. The number of piperidine rings is 1. The Morgan fingerprint density at radius 3 is 2.81 bits per heavy atom. The largest absolute Gasteiger partial charge is 0.305 e. The Morgan fingerprint density at radius 2 is 2.14 bits per heavy atom. The first-order chi connectivity index (χ1) is 9.97. The van der Waals surface area contributed by atoms with Gasteiger partial charge in [0.25, 0.3) is 10.0 Å². The summed E-state index contributed by atoms with van der Waals surface area (Å²) in [6, 6.07) is 0.0361. The monoisotopic (exact) mass is 317 g/mol. The first-order valence-electron chi connectivity index (χ1n) is 7.16. The van der Waals surface area contributed by atoms with Crippen molar-refractivity contribution in [2.75, 3.05) is 20.1 Å². The number of halogens is 1. The van der Waals surface area contributed by atoms with Crippen LogP contribution in [0, 0.1) is 5.95 Å². The van der Waals surface area contributed by atoms with Gasteiger partial charge in [-0.2, -0.15) is 9.49 Å². The van der Waals surface area contributed by atoms with Gasteiger partial charge in [-0.3, -0.25) is 0 Å². The van der Waals surface area contributed by atoms with Gasteiger partial charge in [0.2, 0.25) is 5.95 Å². The maximum Gasteiger partial charge on any atom is 0.259 e. The summed E-state index contributed by atoms with van der Waals surface area (Å²) in [5.41, 5.74) is 2.79. The molecule has 118 valence electrons. The van der Waals surface area contributed by atoms with E-state index in [1.807, 2.05) is 7.05 Å². The van der Waals surface area contributed by atoms with Crippen molar-refractivity contribution in [1.29, 1.82) is 0 Å². The third kappa shape index (κ3) is 3.25. The highest BCUT2D eigenvalue weighted by atomic mass is 32.2. The molecule has 0 amide bonds. The van der Waals surface area contributed by atoms with E-state index in [1.165, 1.54) is 0 Å². The minimum atomic E-state index is -3.93. The fourth-order valence-electron chi connectivity index (χ4n) is 2.59. The average molecular weight is 317 g/mol. The number of rotatable bonds is 5. The van der Waals surface area contributed by atoms with Crippen LogP contribution in [0.1, 0.15) is 31.7 Å². The van der Waals surface area contributed by atoms with Crippen molar-refractivity contribution in [3.63, 3.8) is 0 Å². The van der Waals surface area contributed by atoms with Crippen LogP contribution in [0.15, 0.2) is 11.1 Å². The van der Waals surface area contributed by atoms with Crippen LogP contribution in [-0.4, -0.2) is 49.3 Å². The first kappa shape index (κ1) is 14.9. The summed E-state index contributed by atoms with van der Waals surface area (Å²) in [7, 11) is -1.94. The number of sulfonamides is 1. The highest BCUT2D eigenvalue weighted by Gasteiger charge is 2.32. The van der Waals surface area contributed by atoms with E-state index in [-0.39, 0.29) is 12.1 Å². The van der Waals surface area contributed by atoms with Crippen molar-refractivity contribution in [2.24, 2.45) is 0 Å². The topological polar surface area (TPSA) is 79.3 Å². The van der Waals surface area contributed by atoms with Gasteiger partial charge >= 0.3 is 0 Å². The molecule has 21 heavy (non-hydrogen) atoms. The summed E-state index contributed by atoms with van der Waals surface area (Å²) in [6.07, 6.45) is 4.65. The van der Waals surface area contributed by atoms with E-state index in [0.717, 1.165) is 49.7 Å². The maximum absolute atomic E-state index is 14.1.